The molecule has 0 radical (unpaired) electrons. The highest BCUT2D eigenvalue weighted by molar-refractivity contribution is 6.24. The van der Waals surface area contributed by atoms with E-state index in [4.69, 9.17) is 9.47 Å². The lowest BCUT2D eigenvalue weighted by Gasteiger charge is -2.26. The molecule has 308 valence electrons. The molecule has 60 heavy (non-hydrogen) atoms. The number of esters is 2. The summed E-state index contributed by atoms with van der Waals surface area (Å²) in [5.74, 6) is -0.419. The summed E-state index contributed by atoms with van der Waals surface area (Å²) in [6.45, 7) is 9.62. The molecule has 1 aliphatic heterocycles. The topological polar surface area (TPSA) is 107 Å². The minimum Gasteiger partial charge on any atom is -0.463 e. The summed E-state index contributed by atoms with van der Waals surface area (Å²) in [6.07, 6.45) is 0. The van der Waals surface area contributed by atoms with Gasteiger partial charge in [-0.25, -0.2) is 0 Å². The van der Waals surface area contributed by atoms with Crippen LogP contribution in [0.15, 0.2) is 109 Å². The fourth-order valence-electron chi connectivity index (χ4n) is 9.01. The van der Waals surface area contributed by atoms with E-state index in [2.05, 4.69) is 140 Å². The molecule has 8 aromatic rings. The van der Waals surface area contributed by atoms with E-state index in [0.29, 0.717) is 39.4 Å². The Morgan fingerprint density at radius 2 is 0.817 bits per heavy atom. The Bertz CT molecular complexity index is 2490. The molecule has 0 spiro atoms. The summed E-state index contributed by atoms with van der Waals surface area (Å²) in [7, 11) is 0. The molecule has 10 heteroatoms. The molecule has 9 rings (SSSR count). The minimum atomic E-state index is -0.209. The second-order valence-electron chi connectivity index (χ2n) is 16.0. The van der Waals surface area contributed by atoms with Gasteiger partial charge in [-0.05, 0) is 75.8 Å². The third-order valence-electron chi connectivity index (χ3n) is 12.1. The average molecular weight is 803 g/mol. The van der Waals surface area contributed by atoms with Crippen LogP contribution in [0.2, 0.25) is 0 Å². The zero-order valence-electron chi connectivity index (χ0n) is 34.2. The van der Waals surface area contributed by atoms with Crippen LogP contribution in [0.5, 0.6) is 0 Å². The Kier molecular flexibility index (Phi) is 12.6. The highest BCUT2D eigenvalue weighted by Gasteiger charge is 2.16. The predicted octanol–water partition coefficient (Wildman–Crippen LogP) is 6.24. The summed E-state index contributed by atoms with van der Waals surface area (Å²) >= 11 is 0. The van der Waals surface area contributed by atoms with Gasteiger partial charge in [0.1, 0.15) is 13.2 Å². The Labute approximate surface area is 350 Å². The van der Waals surface area contributed by atoms with E-state index < -0.39 is 0 Å². The van der Waals surface area contributed by atoms with E-state index in [9.17, 15) is 9.59 Å². The monoisotopic (exact) mass is 802 g/mol. The van der Waals surface area contributed by atoms with E-state index in [-0.39, 0.29) is 25.0 Å². The molecule has 0 atom stereocenters. The summed E-state index contributed by atoms with van der Waals surface area (Å²) in [5.41, 5.74) is 2.48. The van der Waals surface area contributed by atoms with Gasteiger partial charge in [0.05, 0.1) is 13.1 Å². The highest BCUT2D eigenvalue weighted by atomic mass is 16.5. The summed E-state index contributed by atoms with van der Waals surface area (Å²) in [5, 5.41) is 29.3. The van der Waals surface area contributed by atoms with Crippen LogP contribution in [0.3, 0.4) is 0 Å². The molecule has 0 aliphatic carbocycles. The second-order valence-corrected chi connectivity index (χ2v) is 16.0. The van der Waals surface area contributed by atoms with Crippen LogP contribution in [0.4, 0.5) is 0 Å². The summed E-state index contributed by atoms with van der Waals surface area (Å²) in [4.78, 5) is 29.9. The van der Waals surface area contributed by atoms with Crippen molar-refractivity contribution < 1.29 is 19.1 Å². The van der Waals surface area contributed by atoms with Crippen molar-refractivity contribution in [3.8, 4) is 0 Å². The van der Waals surface area contributed by atoms with Crippen molar-refractivity contribution in [1.29, 1.82) is 0 Å². The molecule has 1 heterocycles. The van der Waals surface area contributed by atoms with Gasteiger partial charge in [-0.15, -0.1) is 0 Å². The Balaban J connectivity index is 0.658. The second kappa shape index (κ2) is 18.9. The minimum absolute atomic E-state index is 0.209. The number of nitrogens with one attached hydrogen (secondary N) is 4. The smallest absolute Gasteiger partial charge is 0.320 e. The van der Waals surface area contributed by atoms with Crippen LogP contribution in [0.25, 0.3) is 64.6 Å². The van der Waals surface area contributed by atoms with E-state index in [0.717, 1.165) is 52.4 Å². The average Bonchev–Trinajstić information content (AvgIpc) is 3.26. The Hall–Kier alpha value is -5.46. The molecule has 10 nitrogen and oxygen atoms in total. The van der Waals surface area contributed by atoms with Gasteiger partial charge in [0, 0.05) is 78.5 Å². The number of hydrogen-bond donors (Lipinski definition) is 4. The van der Waals surface area contributed by atoms with Crippen molar-refractivity contribution in [1.82, 2.24) is 31.1 Å². The first kappa shape index (κ1) is 40.0. The van der Waals surface area contributed by atoms with Gasteiger partial charge in [-0.3, -0.25) is 19.4 Å². The third-order valence-corrected chi connectivity index (χ3v) is 12.1. The lowest BCUT2D eigenvalue weighted by molar-refractivity contribution is -0.145. The van der Waals surface area contributed by atoms with E-state index >= 15 is 0 Å². The van der Waals surface area contributed by atoms with Crippen molar-refractivity contribution >= 4 is 76.6 Å². The van der Waals surface area contributed by atoms with Crippen LogP contribution in [0, 0.1) is 0 Å². The van der Waals surface area contributed by atoms with Gasteiger partial charge in [0.25, 0.3) is 0 Å². The van der Waals surface area contributed by atoms with E-state index in [1.807, 2.05) is 0 Å². The molecule has 1 aliphatic rings. The molecule has 0 unspecified atom stereocenters. The predicted molar refractivity (Wildman–Crippen MR) is 244 cm³/mol. The Morgan fingerprint density at radius 3 is 1.22 bits per heavy atom. The molecule has 8 aromatic carbocycles. The maximum atomic E-state index is 12.8. The largest absolute Gasteiger partial charge is 0.463 e. The van der Waals surface area contributed by atoms with Crippen LogP contribution < -0.4 is 21.3 Å². The van der Waals surface area contributed by atoms with Crippen molar-refractivity contribution in [2.24, 2.45) is 0 Å². The van der Waals surface area contributed by atoms with Crippen LogP contribution in [-0.2, 0) is 32.2 Å². The van der Waals surface area contributed by atoms with Gasteiger partial charge in [0.2, 0.25) is 0 Å². The quantitative estimate of drug-likeness (QED) is 0.0574. The molecule has 0 amide bonds. The fraction of sp³-hybridized carbons (Fsp3) is 0.320. The maximum Gasteiger partial charge on any atom is 0.320 e. The van der Waals surface area contributed by atoms with Crippen molar-refractivity contribution in [2.45, 2.75) is 13.1 Å². The van der Waals surface area contributed by atoms with Crippen molar-refractivity contribution in [2.75, 3.05) is 91.8 Å². The fourth-order valence-corrected chi connectivity index (χ4v) is 9.01. The maximum absolute atomic E-state index is 12.8. The molecular formula is C50H54N6O4. The zero-order valence-corrected chi connectivity index (χ0v) is 34.2. The number of hydrogen-bond acceptors (Lipinski definition) is 10. The zero-order chi connectivity index (χ0) is 40.7. The lowest BCUT2D eigenvalue weighted by atomic mass is 9.92. The first-order valence-electron chi connectivity index (χ1n) is 21.5. The third kappa shape index (κ3) is 9.00. The first-order valence-corrected chi connectivity index (χ1v) is 21.5. The molecule has 1 fully saturated rings. The lowest BCUT2D eigenvalue weighted by Crippen LogP contribution is -2.45. The molecule has 1 saturated heterocycles. The number of nitrogens with zero attached hydrogens (tertiary/aromatic N) is 2. The number of carbonyl (C=O) groups excluding carboxylic acids is 2. The first-order chi connectivity index (χ1) is 29.6. The van der Waals surface area contributed by atoms with Gasteiger partial charge < -0.3 is 30.7 Å². The molecule has 0 bridgehead atoms. The molecule has 0 saturated carbocycles. The normalized spacial score (nSPS) is 15.3. The standard InChI is InChI=1S/C50H54N6O4/c57-45(59-29-23-53-31-41-13-11-39-9-7-35-3-1-5-37-15-17-43(41)49(39)47(35)37)33-55-25-19-51-21-27-56(28-22-52-20-26-55)34-46(58)60-30-24-54-32-42-14-12-40-10-8-36-4-2-6-38-16-18-44(42)50(40)48(36)38/h1-18,51-54H,19-34H2. The van der Waals surface area contributed by atoms with Crippen LogP contribution in [-0.4, -0.2) is 113 Å². The van der Waals surface area contributed by atoms with Gasteiger partial charge in [-0.1, -0.05) is 109 Å². The van der Waals surface area contributed by atoms with Crippen LogP contribution in [0.1, 0.15) is 11.1 Å². The van der Waals surface area contributed by atoms with Gasteiger partial charge in [-0.2, -0.15) is 0 Å². The summed E-state index contributed by atoms with van der Waals surface area (Å²) < 4.78 is 11.3. The number of benzene rings is 8. The molecular weight excluding hydrogens is 749 g/mol. The summed E-state index contributed by atoms with van der Waals surface area (Å²) in [6, 6.07) is 39.4. The number of rotatable bonds is 14. The van der Waals surface area contributed by atoms with Crippen LogP contribution >= 0.6 is 0 Å². The number of carbonyl (C=O) groups is 2. The molecule has 0 aromatic heterocycles. The van der Waals surface area contributed by atoms with Gasteiger partial charge >= 0.3 is 11.9 Å². The Morgan fingerprint density at radius 1 is 0.467 bits per heavy atom. The van der Waals surface area contributed by atoms with E-state index in [1.165, 1.54) is 75.8 Å². The SMILES string of the molecule is O=C(CN1CCNCCN(CC(=O)OCCNCc2ccc3ccc4cccc5ccc2c3c45)CCNCC1)OCCNCc1ccc2ccc3cccc4ccc1c2c34. The highest BCUT2D eigenvalue weighted by Crippen LogP contribution is 2.37. The van der Waals surface area contributed by atoms with Crippen molar-refractivity contribution in [3.05, 3.63) is 120 Å². The van der Waals surface area contributed by atoms with Crippen molar-refractivity contribution in [3.63, 3.8) is 0 Å². The number of ether oxygens (including phenoxy) is 2. The molecule has 4 N–H and O–H groups in total. The van der Waals surface area contributed by atoms with Gasteiger partial charge in [0.15, 0.2) is 0 Å². The van der Waals surface area contributed by atoms with E-state index in [1.54, 1.807) is 0 Å².